The number of methoxy groups -OCH3 is 1. The second-order valence-electron chi connectivity index (χ2n) is 2.45. The molecular weight excluding hydrogens is 193 g/mol. The fourth-order valence-corrected chi connectivity index (χ4v) is 0.981. The summed E-state index contributed by atoms with van der Waals surface area (Å²) in [5, 5.41) is 0. The van der Waals surface area contributed by atoms with Gasteiger partial charge in [-0.2, -0.15) is 0 Å². The number of rotatable bonds is 3. The average Bonchev–Trinajstić information content (AvgIpc) is 2.30. The molecular formula is C12H16FNO. The van der Waals surface area contributed by atoms with Crippen LogP contribution >= 0.6 is 0 Å². The lowest BCUT2D eigenvalue weighted by molar-refractivity contribution is 0.371. The van der Waals surface area contributed by atoms with Gasteiger partial charge in [-0.05, 0) is 18.9 Å². The molecule has 0 saturated heterocycles. The molecule has 0 fully saturated rings. The third kappa shape index (κ3) is 3.54. The van der Waals surface area contributed by atoms with Gasteiger partial charge in [0.2, 0.25) is 0 Å². The molecule has 1 aromatic carbocycles. The van der Waals surface area contributed by atoms with Crippen molar-refractivity contribution in [3.8, 4) is 0 Å². The van der Waals surface area contributed by atoms with E-state index in [2.05, 4.69) is 18.3 Å². The summed E-state index contributed by atoms with van der Waals surface area (Å²) in [5.74, 6) is 0.0949. The number of hydrogen-bond acceptors (Lipinski definition) is 2. The Balaban J connectivity index is 0.000000921. The fourth-order valence-electron chi connectivity index (χ4n) is 0.981. The molecule has 82 valence electrons. The summed E-state index contributed by atoms with van der Waals surface area (Å²) in [4.78, 5) is 3.67. The summed E-state index contributed by atoms with van der Waals surface area (Å²) >= 11 is 0. The summed E-state index contributed by atoms with van der Waals surface area (Å²) in [5.41, 5.74) is 1.09. The van der Waals surface area contributed by atoms with Gasteiger partial charge in [0.1, 0.15) is 11.6 Å². The molecule has 0 saturated carbocycles. The molecule has 0 bridgehead atoms. The second kappa shape index (κ2) is 6.76. The van der Waals surface area contributed by atoms with Crippen LogP contribution in [-0.4, -0.2) is 13.8 Å². The number of halogens is 1. The van der Waals surface area contributed by atoms with Crippen LogP contribution < -0.4 is 0 Å². The van der Waals surface area contributed by atoms with Gasteiger partial charge in [-0.25, -0.2) is 4.39 Å². The van der Waals surface area contributed by atoms with E-state index in [0.717, 1.165) is 0 Å². The molecule has 0 aromatic heterocycles. The molecule has 0 spiro atoms. The van der Waals surface area contributed by atoms with E-state index in [0.29, 0.717) is 17.0 Å². The van der Waals surface area contributed by atoms with Gasteiger partial charge >= 0.3 is 0 Å². The molecule has 0 aliphatic carbocycles. The molecule has 0 radical (unpaired) electrons. The lowest BCUT2D eigenvalue weighted by atomic mass is 10.1. The number of aliphatic imine (C=N–C) groups is 1. The van der Waals surface area contributed by atoms with Crippen molar-refractivity contribution in [3.05, 3.63) is 36.2 Å². The van der Waals surface area contributed by atoms with E-state index < -0.39 is 0 Å². The quantitative estimate of drug-likeness (QED) is 0.548. The molecule has 2 nitrogen and oxygen atoms in total. The maximum absolute atomic E-state index is 12.7. The SMILES string of the molecule is C=Nc1cc(F)ccc1C(=C)OC.CC. The highest BCUT2D eigenvalue weighted by Gasteiger charge is 2.05. The van der Waals surface area contributed by atoms with Crippen LogP contribution in [0.1, 0.15) is 19.4 Å². The van der Waals surface area contributed by atoms with E-state index in [1.807, 2.05) is 13.8 Å². The standard InChI is InChI=1S/C10H10FNO.C2H6/c1-7(13-3)9-5-4-8(11)6-10(9)12-2;1-2/h4-6H,1-2H2,3H3;1-2H3. The Bertz CT molecular complexity index is 347. The zero-order valence-corrected chi connectivity index (χ0v) is 9.38. The van der Waals surface area contributed by atoms with Crippen LogP contribution in [0.2, 0.25) is 0 Å². The minimum atomic E-state index is -0.352. The van der Waals surface area contributed by atoms with Crippen molar-refractivity contribution in [1.82, 2.24) is 0 Å². The highest BCUT2D eigenvalue weighted by molar-refractivity contribution is 5.70. The van der Waals surface area contributed by atoms with Crippen LogP contribution in [0.25, 0.3) is 5.76 Å². The molecule has 0 heterocycles. The van der Waals surface area contributed by atoms with E-state index in [4.69, 9.17) is 4.74 Å². The Morgan fingerprint density at radius 2 is 2.00 bits per heavy atom. The first-order valence-electron chi connectivity index (χ1n) is 4.68. The molecule has 0 N–H and O–H groups in total. The zero-order chi connectivity index (χ0) is 11.8. The Kier molecular flexibility index (Phi) is 6.02. The summed E-state index contributed by atoms with van der Waals surface area (Å²) in [6, 6.07) is 4.17. The van der Waals surface area contributed by atoms with Gasteiger partial charge in [0.25, 0.3) is 0 Å². The second-order valence-corrected chi connectivity index (χ2v) is 2.45. The third-order valence-corrected chi connectivity index (χ3v) is 1.68. The lowest BCUT2D eigenvalue weighted by Gasteiger charge is -2.06. The monoisotopic (exact) mass is 209 g/mol. The Labute approximate surface area is 90.1 Å². The van der Waals surface area contributed by atoms with Gasteiger partial charge < -0.3 is 4.74 Å². The first-order chi connectivity index (χ1) is 7.19. The van der Waals surface area contributed by atoms with Crippen LogP contribution in [0.5, 0.6) is 0 Å². The molecule has 0 aliphatic rings. The van der Waals surface area contributed by atoms with Crippen LogP contribution in [-0.2, 0) is 4.74 Å². The molecule has 0 unspecified atom stereocenters. The Morgan fingerprint density at radius 3 is 2.47 bits per heavy atom. The Morgan fingerprint density at radius 1 is 1.40 bits per heavy atom. The summed E-state index contributed by atoms with van der Waals surface area (Å²) < 4.78 is 17.7. The molecule has 1 aromatic rings. The summed E-state index contributed by atoms with van der Waals surface area (Å²) in [7, 11) is 1.50. The maximum Gasteiger partial charge on any atom is 0.125 e. The van der Waals surface area contributed by atoms with Crippen LogP contribution in [0.15, 0.2) is 29.8 Å². The highest BCUT2D eigenvalue weighted by Crippen LogP contribution is 2.26. The van der Waals surface area contributed by atoms with Crippen molar-refractivity contribution in [2.24, 2.45) is 4.99 Å². The highest BCUT2D eigenvalue weighted by atomic mass is 19.1. The minimum absolute atomic E-state index is 0.352. The first-order valence-corrected chi connectivity index (χ1v) is 4.68. The van der Waals surface area contributed by atoms with Crippen LogP contribution in [0.3, 0.4) is 0 Å². The number of nitrogens with zero attached hydrogens (tertiary/aromatic N) is 1. The molecule has 3 heteroatoms. The lowest BCUT2D eigenvalue weighted by Crippen LogP contribution is -1.87. The van der Waals surface area contributed by atoms with Gasteiger partial charge in [-0.3, -0.25) is 4.99 Å². The Hall–Kier alpha value is -1.64. The van der Waals surface area contributed by atoms with E-state index in [9.17, 15) is 4.39 Å². The van der Waals surface area contributed by atoms with Crippen molar-refractivity contribution < 1.29 is 9.13 Å². The van der Waals surface area contributed by atoms with E-state index >= 15 is 0 Å². The summed E-state index contributed by atoms with van der Waals surface area (Å²) in [6.07, 6.45) is 0. The molecule has 0 atom stereocenters. The van der Waals surface area contributed by atoms with Crippen LogP contribution in [0.4, 0.5) is 10.1 Å². The van der Waals surface area contributed by atoms with Crippen molar-refractivity contribution in [3.63, 3.8) is 0 Å². The van der Waals surface area contributed by atoms with Gasteiger partial charge in [-0.15, -0.1) is 0 Å². The van der Waals surface area contributed by atoms with Gasteiger partial charge in [0.05, 0.1) is 12.8 Å². The van der Waals surface area contributed by atoms with Gasteiger partial charge in [-0.1, -0.05) is 20.4 Å². The van der Waals surface area contributed by atoms with Crippen molar-refractivity contribution >= 4 is 18.2 Å². The first kappa shape index (κ1) is 13.4. The average molecular weight is 209 g/mol. The van der Waals surface area contributed by atoms with E-state index in [-0.39, 0.29) is 5.82 Å². The van der Waals surface area contributed by atoms with Gasteiger partial charge in [0.15, 0.2) is 0 Å². The molecule has 15 heavy (non-hydrogen) atoms. The van der Waals surface area contributed by atoms with Crippen molar-refractivity contribution in [2.75, 3.05) is 7.11 Å². The number of ether oxygens (including phenoxy) is 1. The summed E-state index contributed by atoms with van der Waals surface area (Å²) in [6.45, 7) is 11.0. The van der Waals surface area contributed by atoms with Crippen LogP contribution in [0, 0.1) is 5.82 Å². The normalized spacial score (nSPS) is 8.53. The largest absolute Gasteiger partial charge is 0.497 e. The third-order valence-electron chi connectivity index (χ3n) is 1.68. The number of hydrogen-bond donors (Lipinski definition) is 0. The topological polar surface area (TPSA) is 21.6 Å². The van der Waals surface area contributed by atoms with Gasteiger partial charge in [0, 0.05) is 11.6 Å². The predicted octanol–water partition coefficient (Wildman–Crippen LogP) is 3.80. The fraction of sp³-hybridized carbons (Fsp3) is 0.250. The molecule has 1 rings (SSSR count). The molecule has 0 amide bonds. The predicted molar refractivity (Wildman–Crippen MR) is 63.0 cm³/mol. The zero-order valence-electron chi connectivity index (χ0n) is 9.38. The number of benzene rings is 1. The smallest absolute Gasteiger partial charge is 0.125 e. The minimum Gasteiger partial charge on any atom is -0.497 e. The maximum atomic E-state index is 12.7. The van der Waals surface area contributed by atoms with E-state index in [1.54, 1.807) is 6.07 Å². The van der Waals surface area contributed by atoms with Crippen molar-refractivity contribution in [1.29, 1.82) is 0 Å². The van der Waals surface area contributed by atoms with E-state index in [1.165, 1.54) is 19.2 Å². The molecule has 0 aliphatic heterocycles. The van der Waals surface area contributed by atoms with Crippen molar-refractivity contribution in [2.45, 2.75) is 13.8 Å².